The minimum atomic E-state index is -0.139. The summed E-state index contributed by atoms with van der Waals surface area (Å²) in [6.07, 6.45) is 1.09. The Kier molecular flexibility index (Phi) is 6.31. The summed E-state index contributed by atoms with van der Waals surface area (Å²) in [5, 5.41) is 2.90. The van der Waals surface area contributed by atoms with Crippen LogP contribution in [-0.2, 0) is 0 Å². The Hall–Kier alpha value is -1.75. The van der Waals surface area contributed by atoms with Crippen LogP contribution in [0, 0.1) is 0 Å². The van der Waals surface area contributed by atoms with Gasteiger partial charge in [0.15, 0.2) is 0 Å². The van der Waals surface area contributed by atoms with Gasteiger partial charge in [0.25, 0.3) is 5.91 Å². The van der Waals surface area contributed by atoms with Crippen LogP contribution in [0.2, 0.25) is 0 Å². The van der Waals surface area contributed by atoms with Gasteiger partial charge in [0.05, 0.1) is 12.7 Å². The number of carbonyl (C=O) groups excluding carboxylic acids is 1. The summed E-state index contributed by atoms with van der Waals surface area (Å²) in [7, 11) is 3.59. The van der Waals surface area contributed by atoms with Gasteiger partial charge in [-0.05, 0) is 32.5 Å². The van der Waals surface area contributed by atoms with E-state index in [-0.39, 0.29) is 5.91 Å². The number of nitrogens with two attached hydrogens (primary N) is 1. The van der Waals surface area contributed by atoms with Crippen LogP contribution >= 0.6 is 0 Å². The van der Waals surface area contributed by atoms with Crippen LogP contribution in [0.5, 0.6) is 5.75 Å². The second-order valence-corrected chi connectivity index (χ2v) is 4.95. The van der Waals surface area contributed by atoms with Gasteiger partial charge in [-0.2, -0.15) is 0 Å². The number of anilines is 1. The minimum absolute atomic E-state index is 0.139. The molecule has 112 valence electrons. The van der Waals surface area contributed by atoms with Gasteiger partial charge in [0, 0.05) is 30.9 Å². The minimum Gasteiger partial charge on any atom is -0.496 e. The lowest BCUT2D eigenvalue weighted by atomic mass is 10.1. The first-order valence-electron chi connectivity index (χ1n) is 6.91. The van der Waals surface area contributed by atoms with Crippen molar-refractivity contribution >= 4 is 11.6 Å². The molecule has 1 aromatic carbocycles. The number of ether oxygens (including phenoxy) is 1. The highest BCUT2D eigenvalue weighted by atomic mass is 16.5. The molecule has 1 rings (SSSR count). The zero-order valence-corrected chi connectivity index (χ0v) is 12.8. The van der Waals surface area contributed by atoms with Crippen molar-refractivity contribution in [3.05, 3.63) is 23.8 Å². The Labute approximate surface area is 121 Å². The van der Waals surface area contributed by atoms with Gasteiger partial charge >= 0.3 is 0 Å². The van der Waals surface area contributed by atoms with E-state index in [1.165, 1.54) is 7.11 Å². The highest BCUT2D eigenvalue weighted by Crippen LogP contribution is 2.21. The lowest BCUT2D eigenvalue weighted by molar-refractivity contribution is 0.0944. The van der Waals surface area contributed by atoms with Gasteiger partial charge in [-0.15, -0.1) is 0 Å². The monoisotopic (exact) mass is 279 g/mol. The lowest BCUT2D eigenvalue weighted by Gasteiger charge is -2.23. The van der Waals surface area contributed by atoms with E-state index in [1.807, 2.05) is 0 Å². The van der Waals surface area contributed by atoms with Crippen LogP contribution < -0.4 is 15.8 Å². The number of rotatable bonds is 7. The molecule has 1 unspecified atom stereocenters. The average Bonchev–Trinajstić information content (AvgIpc) is 2.45. The third-order valence-electron chi connectivity index (χ3n) is 3.56. The molecule has 0 bridgehead atoms. The maximum atomic E-state index is 12.1. The number of nitrogen functional groups attached to an aromatic ring is 1. The van der Waals surface area contributed by atoms with Crippen molar-refractivity contribution in [1.29, 1.82) is 0 Å². The summed E-state index contributed by atoms with van der Waals surface area (Å²) in [6, 6.07) is 5.54. The molecular weight excluding hydrogens is 254 g/mol. The van der Waals surface area contributed by atoms with Crippen molar-refractivity contribution in [1.82, 2.24) is 10.2 Å². The summed E-state index contributed by atoms with van der Waals surface area (Å²) in [4.78, 5) is 14.3. The van der Waals surface area contributed by atoms with Gasteiger partial charge in [-0.25, -0.2) is 0 Å². The molecule has 0 saturated carbocycles. The number of carbonyl (C=O) groups is 1. The Morgan fingerprint density at radius 3 is 2.80 bits per heavy atom. The highest BCUT2D eigenvalue weighted by Gasteiger charge is 2.13. The number of likely N-dealkylation sites (N-methyl/N-ethyl adjacent to an activating group) is 1. The molecule has 0 heterocycles. The molecule has 1 aromatic rings. The molecule has 5 nitrogen and oxygen atoms in total. The number of hydrogen-bond donors (Lipinski definition) is 2. The summed E-state index contributed by atoms with van der Waals surface area (Å²) < 4.78 is 5.18. The fourth-order valence-electron chi connectivity index (χ4n) is 1.87. The molecule has 0 radical (unpaired) electrons. The van der Waals surface area contributed by atoms with Gasteiger partial charge in [-0.1, -0.05) is 6.92 Å². The second kappa shape index (κ2) is 7.75. The fraction of sp³-hybridized carbons (Fsp3) is 0.533. The van der Waals surface area contributed by atoms with Gasteiger partial charge in [-0.3, -0.25) is 4.79 Å². The van der Waals surface area contributed by atoms with E-state index < -0.39 is 0 Å². The average molecular weight is 279 g/mol. The number of benzene rings is 1. The highest BCUT2D eigenvalue weighted by molar-refractivity contribution is 5.97. The van der Waals surface area contributed by atoms with E-state index in [9.17, 15) is 4.79 Å². The van der Waals surface area contributed by atoms with Gasteiger partial charge in [0.2, 0.25) is 0 Å². The molecule has 3 N–H and O–H groups in total. The predicted octanol–water partition coefficient (Wildman–Crippen LogP) is 1.74. The number of nitrogens with zero attached hydrogens (tertiary/aromatic N) is 1. The molecule has 0 spiro atoms. The lowest BCUT2D eigenvalue weighted by Crippen LogP contribution is -2.37. The van der Waals surface area contributed by atoms with Crippen molar-refractivity contribution in [2.75, 3.05) is 33.0 Å². The predicted molar refractivity (Wildman–Crippen MR) is 82.1 cm³/mol. The van der Waals surface area contributed by atoms with Crippen LogP contribution in [0.1, 0.15) is 30.6 Å². The van der Waals surface area contributed by atoms with Crippen molar-refractivity contribution < 1.29 is 9.53 Å². The van der Waals surface area contributed by atoms with Crippen LogP contribution in [0.4, 0.5) is 5.69 Å². The molecule has 0 saturated heterocycles. The fourth-order valence-corrected chi connectivity index (χ4v) is 1.87. The Balaban J connectivity index is 2.55. The first-order chi connectivity index (χ1) is 9.49. The first-order valence-corrected chi connectivity index (χ1v) is 6.91. The molecule has 1 amide bonds. The standard InChI is InChI=1S/C15H25N3O2/c1-5-11(2)18(3)9-8-17-15(19)13-7-6-12(16)10-14(13)20-4/h6-7,10-11H,5,8-9,16H2,1-4H3,(H,17,19). The molecule has 5 heteroatoms. The van der Waals surface area contributed by atoms with Gasteiger partial charge in [0.1, 0.15) is 5.75 Å². The molecule has 1 atom stereocenters. The molecule has 0 aliphatic heterocycles. The largest absolute Gasteiger partial charge is 0.496 e. The summed E-state index contributed by atoms with van der Waals surface area (Å²) in [5.74, 6) is 0.359. The summed E-state index contributed by atoms with van der Waals surface area (Å²) in [5.41, 5.74) is 6.76. The van der Waals surface area contributed by atoms with E-state index in [1.54, 1.807) is 18.2 Å². The molecular formula is C15H25N3O2. The number of amides is 1. The van der Waals surface area contributed by atoms with Crippen molar-refractivity contribution in [2.45, 2.75) is 26.3 Å². The molecule has 0 aliphatic carbocycles. The van der Waals surface area contributed by atoms with Crippen LogP contribution in [0.25, 0.3) is 0 Å². The van der Waals surface area contributed by atoms with Crippen LogP contribution in [-0.4, -0.2) is 44.1 Å². The smallest absolute Gasteiger partial charge is 0.255 e. The topological polar surface area (TPSA) is 67.6 Å². The Morgan fingerprint density at radius 2 is 2.20 bits per heavy atom. The zero-order valence-electron chi connectivity index (χ0n) is 12.8. The van der Waals surface area contributed by atoms with Crippen molar-refractivity contribution in [2.24, 2.45) is 0 Å². The van der Waals surface area contributed by atoms with E-state index in [2.05, 4.69) is 31.1 Å². The normalized spacial score (nSPS) is 12.2. The third kappa shape index (κ3) is 4.42. The maximum Gasteiger partial charge on any atom is 0.255 e. The SMILES string of the molecule is CCC(C)N(C)CCNC(=O)c1ccc(N)cc1OC. The van der Waals surface area contributed by atoms with Crippen LogP contribution in [0.15, 0.2) is 18.2 Å². The quantitative estimate of drug-likeness (QED) is 0.746. The van der Waals surface area contributed by atoms with E-state index >= 15 is 0 Å². The molecule has 20 heavy (non-hydrogen) atoms. The van der Waals surface area contributed by atoms with Crippen molar-refractivity contribution in [3.63, 3.8) is 0 Å². The Morgan fingerprint density at radius 1 is 1.50 bits per heavy atom. The molecule has 0 aromatic heterocycles. The first kappa shape index (κ1) is 16.3. The number of hydrogen-bond acceptors (Lipinski definition) is 4. The van der Waals surface area contributed by atoms with Crippen LogP contribution in [0.3, 0.4) is 0 Å². The number of methoxy groups -OCH3 is 1. The van der Waals surface area contributed by atoms with Crippen molar-refractivity contribution in [3.8, 4) is 5.75 Å². The maximum absolute atomic E-state index is 12.1. The Bertz CT molecular complexity index is 449. The molecule has 0 aliphatic rings. The summed E-state index contributed by atoms with van der Waals surface area (Å²) in [6.45, 7) is 5.75. The third-order valence-corrected chi connectivity index (χ3v) is 3.56. The zero-order chi connectivity index (χ0) is 15.1. The molecule has 0 fully saturated rings. The summed E-state index contributed by atoms with van der Waals surface area (Å²) >= 11 is 0. The van der Waals surface area contributed by atoms with E-state index in [0.717, 1.165) is 13.0 Å². The van der Waals surface area contributed by atoms with E-state index in [0.29, 0.717) is 29.6 Å². The number of nitrogens with one attached hydrogen (secondary N) is 1. The van der Waals surface area contributed by atoms with E-state index in [4.69, 9.17) is 10.5 Å². The second-order valence-electron chi connectivity index (χ2n) is 4.95. The van der Waals surface area contributed by atoms with Gasteiger partial charge < -0.3 is 20.7 Å².